The molecule has 6 rings (SSSR count). The van der Waals surface area contributed by atoms with Gasteiger partial charge in [0.1, 0.15) is 5.69 Å². The van der Waals surface area contributed by atoms with E-state index in [2.05, 4.69) is 42.1 Å². The SMILES string of the molecule is Cc1ccc(C)c(-c2nn(-c3ccccc3)cc2/C=c2\sc3nc(-c4ccccc4C)nn3c2=O)c1. The lowest BCUT2D eigenvalue weighted by atomic mass is 10.0. The van der Waals surface area contributed by atoms with Crippen molar-refractivity contribution < 1.29 is 0 Å². The number of aryl methyl sites for hydroxylation is 3. The smallest absolute Gasteiger partial charge is 0.266 e. The average molecular weight is 490 g/mol. The van der Waals surface area contributed by atoms with Crippen molar-refractivity contribution in [1.29, 1.82) is 0 Å². The van der Waals surface area contributed by atoms with Gasteiger partial charge in [0.2, 0.25) is 4.96 Å². The molecule has 0 atom stereocenters. The van der Waals surface area contributed by atoms with Crippen LogP contribution in [0.25, 0.3) is 39.4 Å². The van der Waals surface area contributed by atoms with Gasteiger partial charge in [0.15, 0.2) is 5.82 Å². The van der Waals surface area contributed by atoms with Gasteiger partial charge in [0.25, 0.3) is 5.56 Å². The van der Waals surface area contributed by atoms with E-state index in [1.165, 1.54) is 15.9 Å². The lowest BCUT2D eigenvalue weighted by Crippen LogP contribution is -2.23. The Hall–Kier alpha value is -4.36. The van der Waals surface area contributed by atoms with Gasteiger partial charge >= 0.3 is 0 Å². The Morgan fingerprint density at radius 3 is 2.36 bits per heavy atom. The van der Waals surface area contributed by atoms with Crippen molar-refractivity contribution in [2.75, 3.05) is 0 Å². The van der Waals surface area contributed by atoms with Crippen LogP contribution in [0.3, 0.4) is 0 Å². The molecular formula is C29H23N5OS. The second-order valence-corrected chi connectivity index (χ2v) is 9.90. The van der Waals surface area contributed by atoms with E-state index in [-0.39, 0.29) is 5.56 Å². The maximum atomic E-state index is 13.3. The highest BCUT2D eigenvalue weighted by Crippen LogP contribution is 2.28. The molecule has 0 N–H and O–H groups in total. The predicted octanol–water partition coefficient (Wildman–Crippen LogP) is 5.14. The van der Waals surface area contributed by atoms with Crippen LogP contribution < -0.4 is 10.1 Å². The molecule has 3 aromatic heterocycles. The van der Waals surface area contributed by atoms with Gasteiger partial charge in [-0.3, -0.25) is 4.79 Å². The van der Waals surface area contributed by atoms with Gasteiger partial charge in [0, 0.05) is 22.9 Å². The minimum Gasteiger partial charge on any atom is -0.266 e. The third-order valence-corrected chi connectivity index (χ3v) is 7.23. The maximum absolute atomic E-state index is 13.3. The van der Waals surface area contributed by atoms with Crippen molar-refractivity contribution in [3.63, 3.8) is 0 Å². The standard InChI is InChI=1S/C29H23N5OS/c1-18-13-14-20(3)24(15-18)26-21(17-33(31-26)22-10-5-4-6-11-22)16-25-28(35)34-29(36-25)30-27(32-34)23-12-8-7-9-19(23)2/h4-17H,1-3H3/b25-16-. The van der Waals surface area contributed by atoms with E-state index in [0.29, 0.717) is 15.3 Å². The highest BCUT2D eigenvalue weighted by molar-refractivity contribution is 7.15. The van der Waals surface area contributed by atoms with Crippen LogP contribution >= 0.6 is 11.3 Å². The zero-order chi connectivity index (χ0) is 24.8. The van der Waals surface area contributed by atoms with E-state index in [1.54, 1.807) is 0 Å². The normalized spacial score (nSPS) is 12.0. The van der Waals surface area contributed by atoms with Crippen LogP contribution in [0.1, 0.15) is 22.3 Å². The van der Waals surface area contributed by atoms with Gasteiger partial charge in [-0.2, -0.15) is 14.6 Å². The molecule has 176 valence electrons. The molecule has 0 amide bonds. The summed E-state index contributed by atoms with van der Waals surface area (Å²) in [4.78, 5) is 18.6. The second-order valence-electron chi connectivity index (χ2n) is 8.89. The lowest BCUT2D eigenvalue weighted by molar-refractivity contribution is 0.884. The van der Waals surface area contributed by atoms with E-state index < -0.39 is 0 Å². The molecule has 0 bridgehead atoms. The first-order valence-corrected chi connectivity index (χ1v) is 12.5. The lowest BCUT2D eigenvalue weighted by Gasteiger charge is -2.05. The molecule has 0 unspecified atom stereocenters. The van der Waals surface area contributed by atoms with Crippen LogP contribution in [-0.2, 0) is 0 Å². The first-order chi connectivity index (χ1) is 17.5. The average Bonchev–Trinajstić information content (AvgIpc) is 3.57. The predicted molar refractivity (Wildman–Crippen MR) is 145 cm³/mol. The fourth-order valence-electron chi connectivity index (χ4n) is 4.32. The van der Waals surface area contributed by atoms with Crippen LogP contribution in [-0.4, -0.2) is 24.4 Å². The summed E-state index contributed by atoms with van der Waals surface area (Å²) >= 11 is 1.34. The molecular weight excluding hydrogens is 466 g/mol. The minimum absolute atomic E-state index is 0.179. The molecule has 0 saturated heterocycles. The molecule has 7 heteroatoms. The van der Waals surface area contributed by atoms with Gasteiger partial charge in [-0.1, -0.05) is 71.5 Å². The fourth-order valence-corrected chi connectivity index (χ4v) is 5.22. The summed E-state index contributed by atoms with van der Waals surface area (Å²) in [6, 6.07) is 24.2. The maximum Gasteiger partial charge on any atom is 0.291 e. The van der Waals surface area contributed by atoms with E-state index in [1.807, 2.05) is 78.5 Å². The molecule has 0 radical (unpaired) electrons. The number of rotatable bonds is 4. The third kappa shape index (κ3) is 3.83. The van der Waals surface area contributed by atoms with Crippen molar-refractivity contribution >= 4 is 22.4 Å². The first kappa shape index (κ1) is 22.1. The van der Waals surface area contributed by atoms with Crippen molar-refractivity contribution in [2.45, 2.75) is 20.8 Å². The molecule has 0 aliphatic rings. The Morgan fingerprint density at radius 1 is 0.833 bits per heavy atom. The summed E-state index contributed by atoms with van der Waals surface area (Å²) in [7, 11) is 0. The Balaban J connectivity index is 1.52. The molecule has 0 saturated carbocycles. The number of benzene rings is 3. The van der Waals surface area contributed by atoms with Crippen LogP contribution in [0.4, 0.5) is 0 Å². The molecule has 0 aliphatic heterocycles. The summed E-state index contributed by atoms with van der Waals surface area (Å²) < 4.78 is 3.83. The van der Waals surface area contributed by atoms with E-state index in [4.69, 9.17) is 5.10 Å². The van der Waals surface area contributed by atoms with Crippen LogP contribution in [0.2, 0.25) is 0 Å². The van der Waals surface area contributed by atoms with Gasteiger partial charge in [0.05, 0.1) is 10.2 Å². The molecule has 6 nitrogen and oxygen atoms in total. The highest BCUT2D eigenvalue weighted by Gasteiger charge is 2.16. The number of para-hydroxylation sites is 1. The van der Waals surface area contributed by atoms with E-state index >= 15 is 0 Å². The Labute approximate surface area is 211 Å². The monoisotopic (exact) mass is 489 g/mol. The van der Waals surface area contributed by atoms with E-state index in [9.17, 15) is 4.79 Å². The minimum atomic E-state index is -0.179. The Morgan fingerprint density at radius 2 is 1.58 bits per heavy atom. The largest absolute Gasteiger partial charge is 0.291 e. The van der Waals surface area contributed by atoms with Crippen LogP contribution in [0, 0.1) is 20.8 Å². The molecule has 3 aromatic carbocycles. The number of nitrogens with zero attached hydrogens (tertiary/aromatic N) is 5. The van der Waals surface area contributed by atoms with Gasteiger partial charge in [-0.25, -0.2) is 4.68 Å². The number of aromatic nitrogens is 5. The van der Waals surface area contributed by atoms with Gasteiger partial charge < -0.3 is 0 Å². The molecule has 6 aromatic rings. The summed E-state index contributed by atoms with van der Waals surface area (Å²) in [5.74, 6) is 0.566. The zero-order valence-electron chi connectivity index (χ0n) is 20.1. The van der Waals surface area contributed by atoms with Gasteiger partial charge in [-0.15, -0.1) is 5.10 Å². The summed E-state index contributed by atoms with van der Waals surface area (Å²) in [6.45, 7) is 6.17. The number of hydrogen-bond donors (Lipinski definition) is 0. The number of thiazole rings is 1. The van der Waals surface area contributed by atoms with Crippen molar-refractivity contribution in [2.24, 2.45) is 0 Å². The second kappa shape index (κ2) is 8.70. The molecule has 3 heterocycles. The van der Waals surface area contributed by atoms with Crippen LogP contribution in [0.5, 0.6) is 0 Å². The summed E-state index contributed by atoms with van der Waals surface area (Å²) in [5.41, 5.74) is 7.81. The number of hydrogen-bond acceptors (Lipinski definition) is 5. The molecule has 0 fully saturated rings. The van der Waals surface area contributed by atoms with Gasteiger partial charge in [-0.05, 0) is 56.2 Å². The fraction of sp³-hybridized carbons (Fsp3) is 0.103. The molecule has 0 aliphatic carbocycles. The quantitative estimate of drug-likeness (QED) is 0.344. The Bertz CT molecular complexity index is 1850. The van der Waals surface area contributed by atoms with E-state index in [0.717, 1.165) is 44.8 Å². The summed E-state index contributed by atoms with van der Waals surface area (Å²) in [5, 5.41) is 9.46. The first-order valence-electron chi connectivity index (χ1n) is 11.7. The highest BCUT2D eigenvalue weighted by atomic mass is 32.1. The topological polar surface area (TPSA) is 65.1 Å². The number of fused-ring (bicyclic) bond motifs is 1. The summed E-state index contributed by atoms with van der Waals surface area (Å²) in [6.07, 6.45) is 3.88. The third-order valence-electron chi connectivity index (χ3n) is 6.27. The van der Waals surface area contributed by atoms with Crippen LogP contribution in [0.15, 0.2) is 83.8 Å². The van der Waals surface area contributed by atoms with Crippen molar-refractivity contribution in [3.8, 4) is 28.3 Å². The van der Waals surface area contributed by atoms with Crippen molar-refractivity contribution in [3.05, 3.63) is 116 Å². The Kier molecular flexibility index (Phi) is 5.34. The molecule has 36 heavy (non-hydrogen) atoms. The zero-order valence-corrected chi connectivity index (χ0v) is 21.0. The molecule has 0 spiro atoms. The van der Waals surface area contributed by atoms with Crippen molar-refractivity contribution in [1.82, 2.24) is 24.4 Å².